The van der Waals surface area contributed by atoms with Crippen molar-refractivity contribution < 1.29 is 22.7 Å². The van der Waals surface area contributed by atoms with E-state index in [4.69, 9.17) is 27.9 Å². The Hall–Kier alpha value is -4.40. The molecule has 4 heterocycles. The number of hydrogen-bond acceptors (Lipinski definition) is 6. The first kappa shape index (κ1) is 32.2. The molecule has 0 bridgehead atoms. The van der Waals surface area contributed by atoms with Crippen LogP contribution in [0.25, 0.3) is 37.6 Å². The summed E-state index contributed by atoms with van der Waals surface area (Å²) in [5.41, 5.74) is 0.869. The predicted octanol–water partition coefficient (Wildman–Crippen LogP) is 6.93. The van der Waals surface area contributed by atoms with Crippen LogP contribution in [0.2, 0.25) is 5.02 Å². The number of hydrogen-bond donors (Lipinski definition) is 0. The second-order valence-electron chi connectivity index (χ2n) is 13.0. The molecule has 0 N–H and O–H groups in total. The lowest BCUT2D eigenvalue weighted by molar-refractivity contribution is -0.128. The molecule has 2 atom stereocenters. The number of anilines is 1. The van der Waals surface area contributed by atoms with Gasteiger partial charge in [-0.05, 0) is 60.4 Å². The summed E-state index contributed by atoms with van der Waals surface area (Å²) >= 11 is 6.92. The van der Waals surface area contributed by atoms with Gasteiger partial charge in [-0.15, -0.1) is 0 Å². The summed E-state index contributed by atoms with van der Waals surface area (Å²) in [7, 11) is 0. The summed E-state index contributed by atoms with van der Waals surface area (Å²) in [5, 5.41) is 2.30. The first-order chi connectivity index (χ1) is 23.0. The minimum Gasteiger partial charge on any atom is -0.461 e. The maximum atomic E-state index is 17.0. The number of amides is 1. The van der Waals surface area contributed by atoms with Crippen LogP contribution in [0.5, 0.6) is 6.01 Å². The topological polar surface area (TPSA) is 66.2 Å². The number of aryl methyl sites for hydroxylation is 1. The fourth-order valence-corrected chi connectivity index (χ4v) is 8.13. The second-order valence-corrected chi connectivity index (χ2v) is 13.4. The third kappa shape index (κ3) is 5.51. The number of halogens is 4. The Bertz CT molecular complexity index is 2000. The minimum absolute atomic E-state index is 0.0242. The molecule has 0 unspecified atom stereocenters. The number of rotatable bonds is 7. The van der Waals surface area contributed by atoms with Crippen LogP contribution in [0.1, 0.15) is 24.8 Å². The maximum Gasteiger partial charge on any atom is 0.319 e. The third-order valence-corrected chi connectivity index (χ3v) is 10.3. The van der Waals surface area contributed by atoms with Crippen LogP contribution in [0, 0.1) is 19.3 Å². The van der Waals surface area contributed by atoms with Crippen molar-refractivity contribution >= 4 is 45.0 Å². The number of fused-ring (bicyclic) bond motifs is 3. The van der Waals surface area contributed by atoms with Gasteiger partial charge >= 0.3 is 6.01 Å². The van der Waals surface area contributed by atoms with E-state index < -0.39 is 23.3 Å². The standard InChI is InChI=1S/C36H34ClF3N6O2/c1-4-28(47)46-15-14-44(18-24(46)17-41-3)33-26-16-27(37)30(25-11-6-10-23-9-5-8-22(2)29(23)25)31(38)32(26)42-34(43-33)48-21-35-12-7-13-45(35)20-36(39,40)19-35/h4-6,8-11,16,24H,1,7,12-15,17-21H2,2H3/t24-,35-/m0/s1. The van der Waals surface area contributed by atoms with Crippen molar-refractivity contribution in [1.29, 1.82) is 0 Å². The van der Waals surface area contributed by atoms with Crippen molar-refractivity contribution in [3.05, 3.63) is 82.9 Å². The van der Waals surface area contributed by atoms with Crippen molar-refractivity contribution in [3.63, 3.8) is 0 Å². The molecule has 4 aromatic rings. The number of carbonyl (C=O) groups excluding carboxylic acids is 1. The number of benzene rings is 3. The Morgan fingerprint density at radius 3 is 2.77 bits per heavy atom. The number of nitrogens with zero attached hydrogens (tertiary/aromatic N) is 6. The summed E-state index contributed by atoms with van der Waals surface area (Å²) in [6.07, 6.45) is 2.23. The molecular weight excluding hydrogens is 641 g/mol. The first-order valence-electron chi connectivity index (χ1n) is 16.0. The quantitative estimate of drug-likeness (QED) is 0.157. The Kier molecular flexibility index (Phi) is 8.20. The SMILES string of the molecule is [C-]#[N+]C[C@H]1CN(c2nc(OC[C@@]34CCCN3CC(F)(F)C4)nc3c(F)c(-c4cccc5cccc(C)c45)c(Cl)cc23)CCN1C(=O)C=C. The van der Waals surface area contributed by atoms with Crippen LogP contribution < -0.4 is 9.64 Å². The van der Waals surface area contributed by atoms with Crippen LogP contribution in [0.4, 0.5) is 19.0 Å². The average molecular weight is 675 g/mol. The van der Waals surface area contributed by atoms with E-state index in [-0.39, 0.29) is 67.2 Å². The molecular formula is C36H34ClF3N6O2. The summed E-state index contributed by atoms with van der Waals surface area (Å²) in [6.45, 7) is 14.1. The van der Waals surface area contributed by atoms with E-state index in [0.29, 0.717) is 36.3 Å². The molecule has 1 aromatic heterocycles. The Morgan fingerprint density at radius 1 is 1.21 bits per heavy atom. The van der Waals surface area contributed by atoms with E-state index in [9.17, 15) is 13.6 Å². The smallest absolute Gasteiger partial charge is 0.319 e. The molecule has 0 aliphatic carbocycles. The first-order valence-corrected chi connectivity index (χ1v) is 16.4. The van der Waals surface area contributed by atoms with Gasteiger partial charge < -0.3 is 19.4 Å². The molecule has 3 aliphatic rings. The summed E-state index contributed by atoms with van der Waals surface area (Å²) < 4.78 is 52.3. The van der Waals surface area contributed by atoms with E-state index in [1.54, 1.807) is 15.9 Å². The highest BCUT2D eigenvalue weighted by Gasteiger charge is 2.57. The van der Waals surface area contributed by atoms with Crippen molar-refractivity contribution in [2.45, 2.75) is 43.7 Å². The molecule has 3 aliphatic heterocycles. The van der Waals surface area contributed by atoms with Gasteiger partial charge in [-0.25, -0.2) is 19.7 Å². The van der Waals surface area contributed by atoms with Gasteiger partial charge in [-0.2, -0.15) is 9.97 Å². The molecule has 8 nitrogen and oxygen atoms in total. The summed E-state index contributed by atoms with van der Waals surface area (Å²) in [6, 6.07) is 12.5. The molecule has 248 valence electrons. The van der Waals surface area contributed by atoms with Crippen LogP contribution in [0.3, 0.4) is 0 Å². The highest BCUT2D eigenvalue weighted by Crippen LogP contribution is 2.46. The highest BCUT2D eigenvalue weighted by atomic mass is 35.5. The highest BCUT2D eigenvalue weighted by molar-refractivity contribution is 6.35. The molecule has 1 amide bonds. The minimum atomic E-state index is -2.83. The van der Waals surface area contributed by atoms with E-state index in [1.807, 2.05) is 48.2 Å². The molecule has 3 aromatic carbocycles. The fraction of sp³-hybridized carbons (Fsp3) is 0.389. The van der Waals surface area contributed by atoms with Crippen molar-refractivity contribution in [2.75, 3.05) is 50.8 Å². The lowest BCUT2D eigenvalue weighted by atomic mass is 9.94. The van der Waals surface area contributed by atoms with Gasteiger partial charge in [0.1, 0.15) is 24.0 Å². The van der Waals surface area contributed by atoms with Crippen LogP contribution in [-0.4, -0.2) is 89.1 Å². The zero-order valence-electron chi connectivity index (χ0n) is 26.5. The van der Waals surface area contributed by atoms with Crippen LogP contribution in [0.15, 0.2) is 55.1 Å². The number of aromatic nitrogens is 2. The zero-order chi connectivity index (χ0) is 33.8. The molecule has 7 rings (SSSR count). The van der Waals surface area contributed by atoms with E-state index in [2.05, 4.69) is 16.4 Å². The van der Waals surface area contributed by atoms with E-state index in [0.717, 1.165) is 22.8 Å². The zero-order valence-corrected chi connectivity index (χ0v) is 27.2. The lowest BCUT2D eigenvalue weighted by Crippen LogP contribution is -2.56. The Morgan fingerprint density at radius 2 is 2.00 bits per heavy atom. The molecule has 0 radical (unpaired) electrons. The third-order valence-electron chi connectivity index (χ3n) is 9.99. The van der Waals surface area contributed by atoms with Gasteiger partial charge in [0.05, 0.1) is 17.1 Å². The molecule has 12 heteroatoms. The van der Waals surface area contributed by atoms with Crippen molar-refractivity contribution in [1.82, 2.24) is 19.8 Å². The van der Waals surface area contributed by atoms with Crippen LogP contribution >= 0.6 is 11.6 Å². The van der Waals surface area contributed by atoms with Gasteiger partial charge in [-0.3, -0.25) is 9.69 Å². The molecule has 48 heavy (non-hydrogen) atoms. The van der Waals surface area contributed by atoms with E-state index >= 15 is 4.39 Å². The van der Waals surface area contributed by atoms with Crippen molar-refractivity contribution in [3.8, 4) is 17.1 Å². The van der Waals surface area contributed by atoms with E-state index in [1.165, 1.54) is 6.08 Å². The average Bonchev–Trinajstić information content (AvgIpc) is 3.55. The fourth-order valence-electron chi connectivity index (χ4n) is 7.84. The molecule has 3 fully saturated rings. The molecule has 3 saturated heterocycles. The number of ether oxygens (including phenoxy) is 1. The molecule has 0 spiro atoms. The largest absolute Gasteiger partial charge is 0.461 e. The van der Waals surface area contributed by atoms with Crippen LogP contribution in [-0.2, 0) is 4.79 Å². The predicted molar refractivity (Wildman–Crippen MR) is 180 cm³/mol. The second kappa shape index (κ2) is 12.2. The number of carbonyl (C=O) groups is 1. The van der Waals surface area contributed by atoms with Gasteiger partial charge in [0.15, 0.2) is 5.82 Å². The normalized spacial score (nSPS) is 22.2. The van der Waals surface area contributed by atoms with Gasteiger partial charge in [-0.1, -0.05) is 54.6 Å². The monoisotopic (exact) mass is 674 g/mol. The lowest BCUT2D eigenvalue weighted by Gasteiger charge is -2.39. The number of alkyl halides is 2. The Labute approximate surface area is 281 Å². The summed E-state index contributed by atoms with van der Waals surface area (Å²) in [4.78, 5) is 30.7. The van der Waals surface area contributed by atoms with Crippen molar-refractivity contribution in [2.24, 2.45) is 0 Å². The number of piperazine rings is 1. The van der Waals surface area contributed by atoms with Gasteiger partial charge in [0.2, 0.25) is 12.5 Å². The van der Waals surface area contributed by atoms with Gasteiger partial charge in [0, 0.05) is 37.0 Å². The molecule has 0 saturated carbocycles. The Balaban J connectivity index is 1.36. The van der Waals surface area contributed by atoms with Gasteiger partial charge in [0.25, 0.3) is 5.92 Å². The summed E-state index contributed by atoms with van der Waals surface area (Å²) in [5.74, 6) is -3.44. The maximum absolute atomic E-state index is 17.0.